The number of carbonyl (C=O) groups excluding carboxylic acids is 1. The first-order valence-corrected chi connectivity index (χ1v) is 9.91. The van der Waals surface area contributed by atoms with Crippen molar-refractivity contribution in [1.82, 2.24) is 0 Å². The summed E-state index contributed by atoms with van der Waals surface area (Å²) in [5.41, 5.74) is 2.41. The number of cyclic esters (lactones) is 1. The normalized spacial score (nSPS) is 14.6. The Labute approximate surface area is 180 Å². The van der Waals surface area contributed by atoms with Crippen LogP contribution in [-0.4, -0.2) is 11.9 Å². The molecule has 1 aliphatic heterocycles. The van der Waals surface area contributed by atoms with E-state index in [2.05, 4.69) is 27.6 Å². The molecule has 0 N–H and O–H groups in total. The van der Waals surface area contributed by atoms with E-state index in [1.807, 2.05) is 48.5 Å². The highest BCUT2D eigenvalue weighted by atomic mass is 127. The molecule has 1 heterocycles. The number of hydrogen-bond donors (Lipinski definition) is 0. The van der Waals surface area contributed by atoms with E-state index in [1.54, 1.807) is 12.1 Å². The minimum Gasteiger partial charge on any atom is -0.489 e. The number of aliphatic imine (C=N–C) groups is 1. The van der Waals surface area contributed by atoms with Crippen LogP contribution in [0.5, 0.6) is 5.75 Å². The standard InChI is InChI=1S/C23H15FINO3/c24-18-8-4-7-16(13-18)22-26-21(23(27)29-22)12-15-5-3-9-19(11-15)28-14-17-6-1-2-10-20(17)25/h1-13H,14H2/b21-12-. The Morgan fingerprint density at radius 1 is 1.03 bits per heavy atom. The Balaban J connectivity index is 1.53. The van der Waals surface area contributed by atoms with Crippen LogP contribution in [0.3, 0.4) is 0 Å². The maximum Gasteiger partial charge on any atom is 0.363 e. The number of nitrogens with zero attached hydrogens (tertiary/aromatic N) is 1. The molecule has 0 aromatic heterocycles. The van der Waals surface area contributed by atoms with Gasteiger partial charge in [-0.25, -0.2) is 14.2 Å². The monoisotopic (exact) mass is 499 g/mol. The zero-order valence-electron chi connectivity index (χ0n) is 15.1. The van der Waals surface area contributed by atoms with E-state index in [1.165, 1.54) is 18.2 Å². The van der Waals surface area contributed by atoms with Gasteiger partial charge in [-0.2, -0.15) is 0 Å². The van der Waals surface area contributed by atoms with Gasteiger partial charge < -0.3 is 9.47 Å². The fourth-order valence-electron chi connectivity index (χ4n) is 2.78. The van der Waals surface area contributed by atoms with E-state index in [0.717, 1.165) is 14.7 Å². The van der Waals surface area contributed by atoms with Crippen LogP contribution in [-0.2, 0) is 16.1 Å². The molecule has 4 rings (SSSR count). The van der Waals surface area contributed by atoms with E-state index in [9.17, 15) is 9.18 Å². The number of halogens is 2. The van der Waals surface area contributed by atoms with E-state index < -0.39 is 11.8 Å². The predicted molar refractivity (Wildman–Crippen MR) is 117 cm³/mol. The third-order valence-corrected chi connectivity index (χ3v) is 5.26. The van der Waals surface area contributed by atoms with E-state index in [4.69, 9.17) is 9.47 Å². The van der Waals surface area contributed by atoms with Crippen molar-refractivity contribution < 1.29 is 18.7 Å². The molecule has 0 radical (unpaired) electrons. The van der Waals surface area contributed by atoms with Gasteiger partial charge in [0.2, 0.25) is 5.90 Å². The lowest BCUT2D eigenvalue weighted by Crippen LogP contribution is -2.05. The van der Waals surface area contributed by atoms with Crippen LogP contribution in [0.4, 0.5) is 4.39 Å². The van der Waals surface area contributed by atoms with Gasteiger partial charge >= 0.3 is 5.97 Å². The average molecular weight is 499 g/mol. The minimum absolute atomic E-state index is 0.0896. The van der Waals surface area contributed by atoms with Crippen LogP contribution in [0.25, 0.3) is 6.08 Å². The van der Waals surface area contributed by atoms with Crippen molar-refractivity contribution in [2.45, 2.75) is 6.61 Å². The molecule has 144 valence electrons. The van der Waals surface area contributed by atoms with Gasteiger partial charge in [0.05, 0.1) is 0 Å². The van der Waals surface area contributed by atoms with Gasteiger partial charge in [0.1, 0.15) is 18.2 Å². The fourth-order valence-corrected chi connectivity index (χ4v) is 3.33. The van der Waals surface area contributed by atoms with Crippen molar-refractivity contribution in [1.29, 1.82) is 0 Å². The third kappa shape index (κ3) is 4.71. The van der Waals surface area contributed by atoms with E-state index in [0.29, 0.717) is 17.9 Å². The highest BCUT2D eigenvalue weighted by Crippen LogP contribution is 2.22. The molecular weight excluding hydrogens is 484 g/mol. The van der Waals surface area contributed by atoms with Gasteiger partial charge in [-0.1, -0.05) is 36.4 Å². The Morgan fingerprint density at radius 3 is 2.69 bits per heavy atom. The van der Waals surface area contributed by atoms with Gasteiger partial charge in [0, 0.05) is 14.7 Å². The lowest BCUT2D eigenvalue weighted by Gasteiger charge is -2.08. The Bertz CT molecular complexity index is 1140. The summed E-state index contributed by atoms with van der Waals surface area (Å²) in [5.74, 6) is -0.225. The second-order valence-corrected chi connectivity index (χ2v) is 7.46. The van der Waals surface area contributed by atoms with Crippen LogP contribution >= 0.6 is 22.6 Å². The quantitative estimate of drug-likeness (QED) is 0.270. The SMILES string of the molecule is O=C1OC(c2cccc(F)c2)=N/C1=C\c1cccc(OCc2ccccc2I)c1. The maximum atomic E-state index is 13.4. The van der Waals surface area contributed by atoms with E-state index >= 15 is 0 Å². The van der Waals surface area contributed by atoms with Gasteiger partial charge in [-0.3, -0.25) is 0 Å². The van der Waals surface area contributed by atoms with Crippen molar-refractivity contribution in [3.8, 4) is 5.75 Å². The predicted octanol–water partition coefficient (Wildman–Crippen LogP) is 5.35. The summed E-state index contributed by atoms with van der Waals surface area (Å²) in [6, 6.07) is 21.1. The number of hydrogen-bond acceptors (Lipinski definition) is 4. The number of benzene rings is 3. The lowest BCUT2D eigenvalue weighted by molar-refractivity contribution is -0.129. The maximum absolute atomic E-state index is 13.4. The van der Waals surface area contributed by atoms with Crippen molar-refractivity contribution >= 4 is 40.5 Å². The summed E-state index contributed by atoms with van der Waals surface area (Å²) >= 11 is 2.27. The van der Waals surface area contributed by atoms with Crippen molar-refractivity contribution in [2.24, 2.45) is 4.99 Å². The van der Waals surface area contributed by atoms with Gasteiger partial charge in [0.15, 0.2) is 5.70 Å². The summed E-state index contributed by atoms with van der Waals surface area (Å²) in [4.78, 5) is 16.4. The van der Waals surface area contributed by atoms with Crippen LogP contribution in [0.2, 0.25) is 0 Å². The Morgan fingerprint density at radius 2 is 1.86 bits per heavy atom. The molecule has 0 fully saturated rings. The first-order chi connectivity index (χ1) is 14.1. The topological polar surface area (TPSA) is 47.9 Å². The first-order valence-electron chi connectivity index (χ1n) is 8.83. The smallest absolute Gasteiger partial charge is 0.363 e. The van der Waals surface area contributed by atoms with Crippen LogP contribution in [0.15, 0.2) is 83.5 Å². The van der Waals surface area contributed by atoms with Crippen LogP contribution in [0.1, 0.15) is 16.7 Å². The number of carbonyl (C=O) groups is 1. The zero-order chi connectivity index (χ0) is 20.2. The van der Waals surface area contributed by atoms with Crippen molar-refractivity contribution in [3.63, 3.8) is 0 Å². The molecule has 0 atom stereocenters. The number of rotatable bonds is 5. The summed E-state index contributed by atoms with van der Waals surface area (Å²) < 4.78 is 25.6. The summed E-state index contributed by atoms with van der Waals surface area (Å²) in [6.45, 7) is 0.447. The molecular formula is C23H15FINO3. The largest absolute Gasteiger partial charge is 0.489 e. The number of esters is 1. The van der Waals surface area contributed by atoms with E-state index in [-0.39, 0.29) is 11.6 Å². The summed E-state index contributed by atoms with van der Waals surface area (Å²) in [6.07, 6.45) is 1.62. The Kier molecular flexibility index (Phi) is 5.71. The molecule has 0 spiro atoms. The molecule has 0 unspecified atom stereocenters. The molecule has 1 aliphatic rings. The second-order valence-electron chi connectivity index (χ2n) is 6.30. The summed E-state index contributed by atoms with van der Waals surface area (Å²) in [5, 5.41) is 0. The fraction of sp³-hybridized carbons (Fsp3) is 0.0435. The zero-order valence-corrected chi connectivity index (χ0v) is 17.3. The minimum atomic E-state index is -0.575. The van der Waals surface area contributed by atoms with Gasteiger partial charge in [0.25, 0.3) is 0 Å². The molecule has 4 nitrogen and oxygen atoms in total. The van der Waals surface area contributed by atoms with Crippen LogP contribution < -0.4 is 4.74 Å². The molecule has 0 amide bonds. The second kappa shape index (κ2) is 8.57. The number of ether oxygens (including phenoxy) is 2. The van der Waals surface area contributed by atoms with Crippen LogP contribution in [0, 0.1) is 9.39 Å². The highest BCUT2D eigenvalue weighted by Gasteiger charge is 2.24. The third-order valence-electron chi connectivity index (χ3n) is 4.21. The molecule has 0 saturated heterocycles. The molecule has 3 aromatic rings. The van der Waals surface area contributed by atoms with Gasteiger partial charge in [-0.15, -0.1) is 0 Å². The molecule has 29 heavy (non-hydrogen) atoms. The lowest BCUT2D eigenvalue weighted by atomic mass is 10.2. The summed E-state index contributed by atoms with van der Waals surface area (Å²) in [7, 11) is 0. The van der Waals surface area contributed by atoms with Gasteiger partial charge in [-0.05, 0) is 70.6 Å². The van der Waals surface area contributed by atoms with Crippen molar-refractivity contribution in [2.75, 3.05) is 0 Å². The molecule has 0 aliphatic carbocycles. The molecule has 0 saturated carbocycles. The Hall–Kier alpha value is -3.00. The molecule has 6 heteroatoms. The average Bonchev–Trinajstić information content (AvgIpc) is 3.08. The van der Waals surface area contributed by atoms with Crippen molar-refractivity contribution in [3.05, 3.63) is 105 Å². The highest BCUT2D eigenvalue weighted by molar-refractivity contribution is 14.1. The molecule has 0 bridgehead atoms. The first kappa shape index (κ1) is 19.3. The molecule has 3 aromatic carbocycles.